The van der Waals surface area contributed by atoms with Gasteiger partial charge in [0.25, 0.3) is 0 Å². The second kappa shape index (κ2) is 9.64. The molecule has 1 atom stereocenters. The lowest BCUT2D eigenvalue weighted by molar-refractivity contribution is 0.0839. The predicted molar refractivity (Wildman–Crippen MR) is 113 cm³/mol. The normalized spacial score (nSPS) is 20.6. The van der Waals surface area contributed by atoms with E-state index < -0.39 is 0 Å². The van der Waals surface area contributed by atoms with Crippen LogP contribution in [-0.4, -0.2) is 60.7 Å². The maximum absolute atomic E-state index is 5.36. The Hall–Kier alpha value is -1.75. The molecule has 1 aliphatic carbocycles. The molecule has 0 N–H and O–H groups in total. The van der Waals surface area contributed by atoms with E-state index in [4.69, 9.17) is 4.74 Å². The smallest absolute Gasteiger partial charge is 0.0589 e. The maximum Gasteiger partial charge on any atom is 0.0589 e. The quantitative estimate of drug-likeness (QED) is 0.703. The van der Waals surface area contributed by atoms with Crippen molar-refractivity contribution in [2.24, 2.45) is 5.92 Å². The first-order chi connectivity index (χ1) is 13.8. The molecule has 150 valence electrons. The zero-order valence-electron chi connectivity index (χ0n) is 17.1. The number of piperidine rings is 1. The molecule has 1 aliphatic heterocycles. The highest BCUT2D eigenvalue weighted by molar-refractivity contribution is 5.33. The summed E-state index contributed by atoms with van der Waals surface area (Å²) in [5.74, 6) is 0.734. The van der Waals surface area contributed by atoms with Gasteiger partial charge in [0.05, 0.1) is 12.3 Å². The summed E-state index contributed by atoms with van der Waals surface area (Å²) in [5.41, 5.74) is 4.27. The van der Waals surface area contributed by atoms with Crippen LogP contribution >= 0.6 is 0 Å². The minimum absolute atomic E-state index is 0.698. The van der Waals surface area contributed by atoms with Gasteiger partial charge in [0.15, 0.2) is 0 Å². The van der Waals surface area contributed by atoms with Gasteiger partial charge in [-0.1, -0.05) is 30.3 Å². The molecule has 0 bridgehead atoms. The number of rotatable bonds is 8. The Labute approximate surface area is 169 Å². The number of methoxy groups -OCH3 is 1. The van der Waals surface area contributed by atoms with Gasteiger partial charge in [-0.2, -0.15) is 0 Å². The lowest BCUT2D eigenvalue weighted by Crippen LogP contribution is -2.46. The Balaban J connectivity index is 1.35. The Morgan fingerprint density at radius 2 is 1.89 bits per heavy atom. The number of pyridine rings is 1. The van der Waals surface area contributed by atoms with Crippen LogP contribution in [0.15, 0.2) is 48.7 Å². The Kier molecular flexibility index (Phi) is 6.73. The van der Waals surface area contributed by atoms with E-state index >= 15 is 0 Å². The lowest BCUT2D eigenvalue weighted by atomic mass is 9.95. The highest BCUT2D eigenvalue weighted by Gasteiger charge is 2.31. The molecule has 28 heavy (non-hydrogen) atoms. The molecule has 4 heteroatoms. The van der Waals surface area contributed by atoms with Crippen molar-refractivity contribution in [3.05, 3.63) is 65.5 Å². The van der Waals surface area contributed by atoms with Gasteiger partial charge in [0.2, 0.25) is 0 Å². The minimum atomic E-state index is 0.698. The van der Waals surface area contributed by atoms with Crippen LogP contribution in [0.4, 0.5) is 0 Å². The summed E-state index contributed by atoms with van der Waals surface area (Å²) >= 11 is 0. The number of likely N-dealkylation sites (tertiary alicyclic amines) is 1. The molecule has 1 aromatic carbocycles. The number of fused-ring (bicyclic) bond motifs is 1. The second-order valence-corrected chi connectivity index (χ2v) is 8.38. The Bertz CT molecular complexity index is 711. The van der Waals surface area contributed by atoms with Crippen molar-refractivity contribution in [1.29, 1.82) is 0 Å². The summed E-state index contributed by atoms with van der Waals surface area (Å²) in [6.07, 6.45) is 7.00. The fourth-order valence-corrected chi connectivity index (χ4v) is 4.91. The van der Waals surface area contributed by atoms with E-state index in [2.05, 4.69) is 51.2 Å². The van der Waals surface area contributed by atoms with Crippen LogP contribution in [0.5, 0.6) is 0 Å². The first-order valence-electron chi connectivity index (χ1n) is 10.7. The predicted octanol–water partition coefficient (Wildman–Crippen LogP) is 3.41. The molecule has 1 fully saturated rings. The van der Waals surface area contributed by atoms with E-state index in [1.807, 2.05) is 12.3 Å². The van der Waals surface area contributed by atoms with Crippen LogP contribution in [0, 0.1) is 5.92 Å². The monoisotopic (exact) mass is 379 g/mol. The third kappa shape index (κ3) is 4.99. The summed E-state index contributed by atoms with van der Waals surface area (Å²) in [5, 5.41) is 0. The lowest BCUT2D eigenvalue weighted by Gasteiger charge is -2.38. The summed E-state index contributed by atoms with van der Waals surface area (Å²) in [6, 6.07) is 15.9. The van der Waals surface area contributed by atoms with E-state index in [0.29, 0.717) is 6.04 Å². The van der Waals surface area contributed by atoms with Crippen molar-refractivity contribution in [2.45, 2.75) is 38.3 Å². The molecule has 4 nitrogen and oxygen atoms in total. The molecule has 1 saturated heterocycles. The van der Waals surface area contributed by atoms with Crippen LogP contribution in [-0.2, 0) is 24.1 Å². The molecule has 4 rings (SSSR count). The van der Waals surface area contributed by atoms with Crippen LogP contribution in [0.1, 0.15) is 29.7 Å². The molecule has 1 aromatic heterocycles. The van der Waals surface area contributed by atoms with Crippen molar-refractivity contribution < 1.29 is 4.74 Å². The molecule has 0 saturated carbocycles. The molecule has 2 aromatic rings. The fraction of sp³-hybridized carbons (Fsp3) is 0.542. The van der Waals surface area contributed by atoms with E-state index in [-0.39, 0.29) is 0 Å². The van der Waals surface area contributed by atoms with Crippen LogP contribution < -0.4 is 0 Å². The minimum Gasteiger partial charge on any atom is -0.383 e. The molecule has 1 unspecified atom stereocenters. The fourth-order valence-electron chi connectivity index (χ4n) is 4.91. The van der Waals surface area contributed by atoms with Crippen LogP contribution in [0.3, 0.4) is 0 Å². The first-order valence-corrected chi connectivity index (χ1v) is 10.7. The van der Waals surface area contributed by atoms with Gasteiger partial charge in [-0.3, -0.25) is 14.8 Å². The Morgan fingerprint density at radius 3 is 2.61 bits per heavy atom. The Morgan fingerprint density at radius 1 is 1.11 bits per heavy atom. The average Bonchev–Trinajstić information content (AvgIpc) is 3.17. The molecular formula is C24H33N3O. The van der Waals surface area contributed by atoms with Gasteiger partial charge in [0.1, 0.15) is 0 Å². The maximum atomic E-state index is 5.36. The molecule has 0 amide bonds. The first kappa shape index (κ1) is 19.6. The van der Waals surface area contributed by atoms with E-state index in [0.717, 1.165) is 37.9 Å². The van der Waals surface area contributed by atoms with Gasteiger partial charge in [0, 0.05) is 45.5 Å². The SMILES string of the molecule is COCCN(Cc1ccccn1)CC1CCCN(C2Cc3ccccc3C2)C1. The molecule has 2 aliphatic rings. The second-order valence-electron chi connectivity index (χ2n) is 8.38. The summed E-state index contributed by atoms with van der Waals surface area (Å²) in [6.45, 7) is 6.28. The standard InChI is InChI=1S/C24H33N3O/c1-28-14-13-26(19-23-10-4-5-11-25-23)17-20-7-6-12-27(18-20)24-15-21-8-2-3-9-22(21)16-24/h2-5,8-11,20,24H,6-7,12-19H2,1H3. The number of benzene rings is 1. The zero-order chi connectivity index (χ0) is 19.2. The average molecular weight is 380 g/mol. The van der Waals surface area contributed by atoms with Crippen molar-refractivity contribution >= 4 is 0 Å². The highest BCUT2D eigenvalue weighted by Crippen LogP contribution is 2.29. The number of nitrogens with zero attached hydrogens (tertiary/aromatic N) is 3. The number of hydrogen-bond donors (Lipinski definition) is 0. The van der Waals surface area contributed by atoms with Crippen molar-refractivity contribution in [2.75, 3.05) is 39.9 Å². The zero-order valence-corrected chi connectivity index (χ0v) is 17.1. The van der Waals surface area contributed by atoms with Crippen LogP contribution in [0.2, 0.25) is 0 Å². The largest absolute Gasteiger partial charge is 0.383 e. The number of ether oxygens (including phenoxy) is 1. The molecular weight excluding hydrogens is 346 g/mol. The summed E-state index contributed by atoms with van der Waals surface area (Å²) in [4.78, 5) is 9.83. The van der Waals surface area contributed by atoms with E-state index in [9.17, 15) is 0 Å². The molecule has 0 radical (unpaired) electrons. The van der Waals surface area contributed by atoms with Crippen molar-refractivity contribution in [3.63, 3.8) is 0 Å². The van der Waals surface area contributed by atoms with E-state index in [1.165, 1.54) is 38.8 Å². The topological polar surface area (TPSA) is 28.6 Å². The van der Waals surface area contributed by atoms with Crippen LogP contribution in [0.25, 0.3) is 0 Å². The number of hydrogen-bond acceptors (Lipinski definition) is 4. The van der Waals surface area contributed by atoms with Gasteiger partial charge < -0.3 is 4.74 Å². The van der Waals surface area contributed by atoms with Gasteiger partial charge >= 0.3 is 0 Å². The highest BCUT2D eigenvalue weighted by atomic mass is 16.5. The summed E-state index contributed by atoms with van der Waals surface area (Å²) < 4.78 is 5.36. The van der Waals surface area contributed by atoms with Gasteiger partial charge in [-0.05, 0) is 61.4 Å². The summed E-state index contributed by atoms with van der Waals surface area (Å²) in [7, 11) is 1.79. The van der Waals surface area contributed by atoms with Crippen molar-refractivity contribution in [3.8, 4) is 0 Å². The van der Waals surface area contributed by atoms with E-state index in [1.54, 1.807) is 18.2 Å². The van der Waals surface area contributed by atoms with Gasteiger partial charge in [-0.25, -0.2) is 0 Å². The third-order valence-corrected chi connectivity index (χ3v) is 6.34. The molecule has 0 spiro atoms. The van der Waals surface area contributed by atoms with Gasteiger partial charge in [-0.15, -0.1) is 0 Å². The van der Waals surface area contributed by atoms with Crippen molar-refractivity contribution in [1.82, 2.24) is 14.8 Å². The molecule has 2 heterocycles. The number of aromatic nitrogens is 1. The third-order valence-electron chi connectivity index (χ3n) is 6.34.